The standard InChI is InChI=1S/C17H19F2NO3S/c1-12(9-13-5-4-6-14(18)10-13)20(2)24(21,22)17-11-15(19)7-8-16(17)23-3/h4-8,10-12H,9H2,1-3H3. The van der Waals surface area contributed by atoms with Gasteiger partial charge in [0.25, 0.3) is 0 Å². The zero-order chi connectivity index (χ0) is 17.9. The molecule has 1 unspecified atom stereocenters. The lowest BCUT2D eigenvalue weighted by Crippen LogP contribution is -2.36. The van der Waals surface area contributed by atoms with E-state index in [2.05, 4.69) is 0 Å². The highest BCUT2D eigenvalue weighted by Gasteiger charge is 2.29. The predicted octanol–water partition coefficient (Wildman–Crippen LogP) is 3.23. The highest BCUT2D eigenvalue weighted by molar-refractivity contribution is 7.89. The Hall–Kier alpha value is -1.99. The number of likely N-dealkylation sites (N-methyl/N-ethyl adjacent to an activating group) is 1. The molecule has 0 spiro atoms. The van der Waals surface area contributed by atoms with Crippen LogP contribution in [0.25, 0.3) is 0 Å². The normalized spacial score (nSPS) is 13.1. The van der Waals surface area contributed by atoms with Gasteiger partial charge in [-0.2, -0.15) is 4.31 Å². The van der Waals surface area contributed by atoms with Crippen LogP contribution < -0.4 is 4.74 Å². The second-order valence-corrected chi connectivity index (χ2v) is 7.47. The first-order chi connectivity index (χ1) is 11.3. The Morgan fingerprint density at radius 2 is 1.79 bits per heavy atom. The quantitative estimate of drug-likeness (QED) is 0.799. The van der Waals surface area contributed by atoms with Crippen LogP contribution >= 0.6 is 0 Å². The first-order valence-electron chi connectivity index (χ1n) is 7.31. The molecule has 0 heterocycles. The van der Waals surface area contributed by atoms with Gasteiger partial charge in [-0.15, -0.1) is 0 Å². The van der Waals surface area contributed by atoms with Crippen LogP contribution in [0.15, 0.2) is 47.4 Å². The van der Waals surface area contributed by atoms with Gasteiger partial charge in [0.05, 0.1) is 7.11 Å². The van der Waals surface area contributed by atoms with Crippen LogP contribution in [0.2, 0.25) is 0 Å². The fraction of sp³-hybridized carbons (Fsp3) is 0.294. The van der Waals surface area contributed by atoms with Gasteiger partial charge in [0.1, 0.15) is 22.3 Å². The van der Waals surface area contributed by atoms with Crippen molar-refractivity contribution in [2.24, 2.45) is 0 Å². The number of halogens is 2. The van der Waals surface area contributed by atoms with Gasteiger partial charge in [0.15, 0.2) is 0 Å². The molecule has 130 valence electrons. The second kappa shape index (κ2) is 7.27. The number of nitrogens with zero attached hydrogens (tertiary/aromatic N) is 1. The molecule has 0 bridgehead atoms. The summed E-state index contributed by atoms with van der Waals surface area (Å²) in [5.74, 6) is -0.973. The van der Waals surface area contributed by atoms with Crippen molar-refractivity contribution in [2.45, 2.75) is 24.3 Å². The number of hydrogen-bond donors (Lipinski definition) is 0. The molecule has 1 atom stereocenters. The third-order valence-electron chi connectivity index (χ3n) is 3.82. The van der Waals surface area contributed by atoms with Crippen LogP contribution in [-0.4, -0.2) is 32.9 Å². The van der Waals surface area contributed by atoms with Crippen LogP contribution in [0.5, 0.6) is 5.75 Å². The monoisotopic (exact) mass is 355 g/mol. The lowest BCUT2D eigenvalue weighted by molar-refractivity contribution is 0.374. The van der Waals surface area contributed by atoms with Crippen LogP contribution in [0.3, 0.4) is 0 Å². The first-order valence-corrected chi connectivity index (χ1v) is 8.75. The van der Waals surface area contributed by atoms with E-state index in [9.17, 15) is 17.2 Å². The Kier molecular flexibility index (Phi) is 5.56. The Morgan fingerprint density at radius 3 is 2.42 bits per heavy atom. The topological polar surface area (TPSA) is 46.6 Å². The van der Waals surface area contributed by atoms with Crippen molar-refractivity contribution in [3.8, 4) is 5.75 Å². The van der Waals surface area contributed by atoms with Gasteiger partial charge in [0, 0.05) is 13.1 Å². The van der Waals surface area contributed by atoms with Crippen molar-refractivity contribution >= 4 is 10.0 Å². The average molecular weight is 355 g/mol. The minimum atomic E-state index is -3.96. The molecule has 0 saturated carbocycles. The van der Waals surface area contributed by atoms with E-state index in [1.54, 1.807) is 19.1 Å². The van der Waals surface area contributed by atoms with Crippen LogP contribution in [-0.2, 0) is 16.4 Å². The van der Waals surface area contributed by atoms with E-state index in [0.29, 0.717) is 12.0 Å². The van der Waals surface area contributed by atoms with E-state index in [-0.39, 0.29) is 16.5 Å². The summed E-state index contributed by atoms with van der Waals surface area (Å²) in [6, 6.07) is 8.86. The number of rotatable bonds is 6. The summed E-state index contributed by atoms with van der Waals surface area (Å²) < 4.78 is 58.5. The van der Waals surface area contributed by atoms with Gasteiger partial charge in [-0.25, -0.2) is 17.2 Å². The predicted molar refractivity (Wildman–Crippen MR) is 87.5 cm³/mol. The molecule has 0 aromatic heterocycles. The van der Waals surface area contributed by atoms with Crippen LogP contribution in [0.4, 0.5) is 8.78 Å². The number of hydrogen-bond acceptors (Lipinski definition) is 3. The molecule has 7 heteroatoms. The molecule has 0 saturated heterocycles. The van der Waals surface area contributed by atoms with Gasteiger partial charge in [0.2, 0.25) is 10.0 Å². The number of sulfonamides is 1. The zero-order valence-electron chi connectivity index (χ0n) is 13.7. The maximum absolute atomic E-state index is 13.5. The third-order valence-corrected chi connectivity index (χ3v) is 5.82. The smallest absolute Gasteiger partial charge is 0.246 e. The minimum absolute atomic E-state index is 0.0706. The Bertz CT molecular complexity index is 824. The number of methoxy groups -OCH3 is 1. The average Bonchev–Trinajstić information content (AvgIpc) is 2.54. The van der Waals surface area contributed by atoms with Crippen molar-refractivity contribution in [3.05, 3.63) is 59.7 Å². The summed E-state index contributed by atoms with van der Waals surface area (Å²) >= 11 is 0. The summed E-state index contributed by atoms with van der Waals surface area (Å²) in [4.78, 5) is -0.237. The molecule has 0 fully saturated rings. The molecule has 0 radical (unpaired) electrons. The number of ether oxygens (including phenoxy) is 1. The van der Waals surface area contributed by atoms with Gasteiger partial charge in [-0.1, -0.05) is 12.1 Å². The molecule has 2 aromatic carbocycles. The molecule has 0 aliphatic carbocycles. The van der Waals surface area contributed by atoms with Crippen molar-refractivity contribution in [1.29, 1.82) is 0 Å². The van der Waals surface area contributed by atoms with Crippen molar-refractivity contribution in [2.75, 3.05) is 14.2 Å². The van der Waals surface area contributed by atoms with Crippen LogP contribution in [0.1, 0.15) is 12.5 Å². The zero-order valence-corrected chi connectivity index (χ0v) is 14.5. The molecule has 2 rings (SSSR count). The summed E-state index contributed by atoms with van der Waals surface area (Å²) in [5, 5.41) is 0. The van der Waals surface area contributed by atoms with E-state index in [1.165, 1.54) is 32.4 Å². The number of benzene rings is 2. The molecule has 0 aliphatic rings. The molecule has 0 amide bonds. The SMILES string of the molecule is COc1ccc(F)cc1S(=O)(=O)N(C)C(C)Cc1cccc(F)c1. The van der Waals surface area contributed by atoms with Crippen molar-refractivity contribution in [3.63, 3.8) is 0 Å². The van der Waals surface area contributed by atoms with Crippen molar-refractivity contribution in [1.82, 2.24) is 4.31 Å². The summed E-state index contributed by atoms with van der Waals surface area (Å²) in [6.07, 6.45) is 0.325. The maximum Gasteiger partial charge on any atom is 0.246 e. The maximum atomic E-state index is 13.5. The third kappa shape index (κ3) is 3.91. The largest absolute Gasteiger partial charge is 0.495 e. The summed E-state index contributed by atoms with van der Waals surface area (Å²) in [6.45, 7) is 1.70. The van der Waals surface area contributed by atoms with E-state index >= 15 is 0 Å². The Balaban J connectivity index is 2.30. The highest BCUT2D eigenvalue weighted by Crippen LogP contribution is 2.28. The lowest BCUT2D eigenvalue weighted by Gasteiger charge is -2.25. The van der Waals surface area contributed by atoms with E-state index in [0.717, 1.165) is 16.4 Å². The highest BCUT2D eigenvalue weighted by atomic mass is 32.2. The Labute approximate surface area is 140 Å². The molecular formula is C17H19F2NO3S. The van der Waals surface area contributed by atoms with E-state index in [4.69, 9.17) is 4.74 Å². The molecule has 0 N–H and O–H groups in total. The van der Waals surface area contributed by atoms with Crippen LogP contribution in [0, 0.1) is 11.6 Å². The molecule has 2 aromatic rings. The van der Waals surface area contributed by atoms with Gasteiger partial charge in [-0.05, 0) is 49.2 Å². The lowest BCUT2D eigenvalue weighted by atomic mass is 10.1. The summed E-state index contributed by atoms with van der Waals surface area (Å²) in [7, 11) is -1.23. The molecule has 24 heavy (non-hydrogen) atoms. The Morgan fingerprint density at radius 1 is 1.12 bits per heavy atom. The fourth-order valence-corrected chi connectivity index (χ4v) is 3.90. The van der Waals surface area contributed by atoms with Gasteiger partial charge >= 0.3 is 0 Å². The van der Waals surface area contributed by atoms with Crippen molar-refractivity contribution < 1.29 is 21.9 Å². The van der Waals surface area contributed by atoms with E-state index < -0.39 is 21.9 Å². The van der Waals surface area contributed by atoms with E-state index in [1.807, 2.05) is 0 Å². The minimum Gasteiger partial charge on any atom is -0.495 e. The molecular weight excluding hydrogens is 336 g/mol. The first kappa shape index (κ1) is 18.4. The molecule has 0 aliphatic heterocycles. The fourth-order valence-electron chi connectivity index (χ4n) is 2.38. The van der Waals surface area contributed by atoms with Gasteiger partial charge in [-0.3, -0.25) is 0 Å². The molecule has 4 nitrogen and oxygen atoms in total. The second-order valence-electron chi connectivity index (χ2n) is 5.50. The summed E-state index contributed by atoms with van der Waals surface area (Å²) in [5.41, 5.74) is 0.677. The van der Waals surface area contributed by atoms with Gasteiger partial charge < -0.3 is 4.74 Å².